The lowest BCUT2D eigenvalue weighted by atomic mass is 10.6. The lowest BCUT2D eigenvalue weighted by Gasteiger charge is -2.04. The number of aliphatic carboxylic acids is 2. The largest absolute Gasteiger partial charge is 0.549 e. The number of nitrogens with one attached hydrogen (secondary N) is 1. The summed E-state index contributed by atoms with van der Waals surface area (Å²) >= 11 is 0. The first-order valence-corrected chi connectivity index (χ1v) is 2.23. The average Bonchev–Trinajstić information content (AvgIpc) is 1.63. The maximum atomic E-state index is 9.59. The first-order valence-electron chi connectivity index (χ1n) is 2.23. The van der Waals surface area contributed by atoms with Crippen LogP contribution in [-0.2, 0) is 9.59 Å². The van der Waals surface area contributed by atoms with E-state index in [2.05, 4.69) is 5.32 Å². The predicted octanol–water partition coefficient (Wildman–Crippen LogP) is -4.75. The van der Waals surface area contributed by atoms with Gasteiger partial charge in [-0.05, 0) is 0 Å². The maximum Gasteiger partial charge on any atom is 0.0552 e. The summed E-state index contributed by atoms with van der Waals surface area (Å²) in [6.07, 6.45) is 0. The third-order valence-electron chi connectivity index (χ3n) is 0.539. The molecule has 0 bridgehead atoms. The molecule has 0 rings (SSSR count). The van der Waals surface area contributed by atoms with Crippen molar-refractivity contribution in [3.05, 3.63) is 0 Å². The second-order valence-corrected chi connectivity index (χ2v) is 1.35. The van der Waals surface area contributed by atoms with E-state index in [1.807, 2.05) is 0 Å². The van der Waals surface area contributed by atoms with Crippen molar-refractivity contribution in [1.29, 1.82) is 0 Å². The van der Waals surface area contributed by atoms with Gasteiger partial charge in [0.25, 0.3) is 0 Å². The fraction of sp³-hybridized carbons (Fsp3) is 0.500. The summed E-state index contributed by atoms with van der Waals surface area (Å²) in [6.45, 7) is -0.929. The SMILES string of the molecule is O.O=C([O-])CNCC(=O)[O-]. The molecule has 0 aliphatic rings. The second-order valence-electron chi connectivity index (χ2n) is 1.35. The Balaban J connectivity index is 0. The van der Waals surface area contributed by atoms with Crippen molar-refractivity contribution in [2.75, 3.05) is 13.1 Å². The highest BCUT2D eigenvalue weighted by Gasteiger charge is 1.84. The number of rotatable bonds is 4. The Morgan fingerprint density at radius 1 is 1.10 bits per heavy atom. The van der Waals surface area contributed by atoms with Gasteiger partial charge in [-0.25, -0.2) is 0 Å². The Bertz CT molecular complexity index is 109. The van der Waals surface area contributed by atoms with Crippen LogP contribution in [0.25, 0.3) is 0 Å². The molecule has 0 radical (unpaired) electrons. The third kappa shape index (κ3) is 9.97. The van der Waals surface area contributed by atoms with Crippen molar-refractivity contribution in [3.8, 4) is 0 Å². The van der Waals surface area contributed by atoms with Crippen molar-refractivity contribution in [2.24, 2.45) is 0 Å². The van der Waals surface area contributed by atoms with E-state index in [1.165, 1.54) is 0 Å². The molecule has 6 heteroatoms. The van der Waals surface area contributed by atoms with Gasteiger partial charge < -0.3 is 30.6 Å². The van der Waals surface area contributed by atoms with E-state index >= 15 is 0 Å². The molecule has 0 unspecified atom stereocenters. The average molecular weight is 149 g/mol. The number of carbonyl (C=O) groups excluding carboxylic acids is 2. The van der Waals surface area contributed by atoms with Crippen LogP contribution in [0.4, 0.5) is 0 Å². The Hall–Kier alpha value is -1.14. The first kappa shape index (κ1) is 11.6. The van der Waals surface area contributed by atoms with E-state index < -0.39 is 25.0 Å². The summed E-state index contributed by atoms with van der Waals surface area (Å²) in [4.78, 5) is 19.2. The number of carboxylic acids is 2. The molecule has 0 aliphatic carbocycles. The predicted molar refractivity (Wildman–Crippen MR) is 26.5 cm³/mol. The molecule has 0 amide bonds. The van der Waals surface area contributed by atoms with Gasteiger partial charge in [0.1, 0.15) is 0 Å². The number of carboxylic acid groups (broad SMARTS) is 2. The Labute approximate surface area is 56.8 Å². The van der Waals surface area contributed by atoms with E-state index in [1.54, 1.807) is 0 Å². The van der Waals surface area contributed by atoms with E-state index in [0.717, 1.165) is 0 Å². The lowest BCUT2D eigenvalue weighted by molar-refractivity contribution is -0.305. The molecule has 0 atom stereocenters. The van der Waals surface area contributed by atoms with Crippen LogP contribution in [0, 0.1) is 0 Å². The van der Waals surface area contributed by atoms with Crippen LogP contribution in [-0.4, -0.2) is 30.5 Å². The van der Waals surface area contributed by atoms with Crippen LogP contribution < -0.4 is 15.5 Å². The fourth-order valence-corrected chi connectivity index (χ4v) is 0.267. The van der Waals surface area contributed by atoms with Gasteiger partial charge in [-0.3, -0.25) is 0 Å². The zero-order chi connectivity index (χ0) is 7.28. The molecule has 0 aromatic carbocycles. The monoisotopic (exact) mass is 149 g/mol. The molecule has 0 saturated heterocycles. The Kier molecular flexibility index (Phi) is 6.96. The van der Waals surface area contributed by atoms with E-state index in [9.17, 15) is 19.8 Å². The standard InChI is InChI=1S/C4H7NO4.H2O/c6-3(7)1-5-2-4(8)9;/h5H,1-2H2,(H,6,7)(H,8,9);1H2/p-2. The second kappa shape index (κ2) is 5.99. The summed E-state index contributed by atoms with van der Waals surface area (Å²) in [7, 11) is 0. The van der Waals surface area contributed by atoms with Crippen molar-refractivity contribution in [1.82, 2.24) is 5.32 Å². The summed E-state index contributed by atoms with van der Waals surface area (Å²) < 4.78 is 0. The fourth-order valence-electron chi connectivity index (χ4n) is 0.267. The minimum Gasteiger partial charge on any atom is -0.549 e. The van der Waals surface area contributed by atoms with Crippen molar-refractivity contribution in [2.45, 2.75) is 0 Å². The molecule has 10 heavy (non-hydrogen) atoms. The molecular weight excluding hydrogens is 142 g/mol. The molecule has 0 aromatic heterocycles. The summed E-state index contributed by atoms with van der Waals surface area (Å²) in [6, 6.07) is 0. The normalized spacial score (nSPS) is 8.00. The van der Waals surface area contributed by atoms with Gasteiger partial charge >= 0.3 is 0 Å². The van der Waals surface area contributed by atoms with Crippen molar-refractivity contribution < 1.29 is 25.3 Å². The molecule has 0 saturated carbocycles. The van der Waals surface area contributed by atoms with Gasteiger partial charge in [-0.2, -0.15) is 0 Å². The lowest BCUT2D eigenvalue weighted by Crippen LogP contribution is -2.40. The minimum absolute atomic E-state index is 0. The van der Waals surface area contributed by atoms with E-state index in [0.29, 0.717) is 0 Å². The highest BCUT2D eigenvalue weighted by molar-refractivity contribution is 5.70. The van der Waals surface area contributed by atoms with Crippen LogP contribution in [0.1, 0.15) is 0 Å². The molecule has 6 nitrogen and oxygen atoms in total. The van der Waals surface area contributed by atoms with Gasteiger partial charge in [-0.15, -0.1) is 0 Å². The van der Waals surface area contributed by atoms with Gasteiger partial charge in [-0.1, -0.05) is 0 Å². The van der Waals surface area contributed by atoms with Crippen LogP contribution in [0.3, 0.4) is 0 Å². The van der Waals surface area contributed by atoms with Gasteiger partial charge in [0.05, 0.1) is 11.9 Å². The summed E-state index contributed by atoms with van der Waals surface area (Å²) in [5, 5.41) is 21.2. The first-order chi connectivity index (χ1) is 4.13. The minimum atomic E-state index is -1.34. The molecule has 60 valence electrons. The van der Waals surface area contributed by atoms with Crippen LogP contribution in [0.5, 0.6) is 0 Å². The van der Waals surface area contributed by atoms with Crippen molar-refractivity contribution >= 4 is 11.9 Å². The van der Waals surface area contributed by atoms with Crippen LogP contribution in [0.15, 0.2) is 0 Å². The highest BCUT2D eigenvalue weighted by atomic mass is 16.4. The smallest absolute Gasteiger partial charge is 0.0552 e. The van der Waals surface area contributed by atoms with E-state index in [-0.39, 0.29) is 5.48 Å². The summed E-state index contributed by atoms with van der Waals surface area (Å²) in [5.41, 5.74) is 0. The molecule has 0 spiro atoms. The number of hydrogen-bond acceptors (Lipinski definition) is 5. The van der Waals surface area contributed by atoms with Crippen molar-refractivity contribution in [3.63, 3.8) is 0 Å². The Morgan fingerprint density at radius 2 is 1.40 bits per heavy atom. The zero-order valence-electron chi connectivity index (χ0n) is 5.05. The third-order valence-corrected chi connectivity index (χ3v) is 0.539. The van der Waals surface area contributed by atoms with Gasteiger partial charge in [0.15, 0.2) is 0 Å². The molecule has 0 aromatic rings. The van der Waals surface area contributed by atoms with Crippen LogP contribution in [0.2, 0.25) is 0 Å². The van der Waals surface area contributed by atoms with Gasteiger partial charge in [0, 0.05) is 13.1 Å². The van der Waals surface area contributed by atoms with Gasteiger partial charge in [0.2, 0.25) is 0 Å². The van der Waals surface area contributed by atoms with Crippen LogP contribution >= 0.6 is 0 Å². The molecule has 3 N–H and O–H groups in total. The number of hydrogen-bond donors (Lipinski definition) is 1. The maximum absolute atomic E-state index is 9.59. The molecular formula is C4H7NO5-2. The topological polar surface area (TPSA) is 124 Å². The van der Waals surface area contributed by atoms with E-state index in [4.69, 9.17) is 0 Å². The molecule has 0 aliphatic heterocycles. The molecule has 0 fully saturated rings. The highest BCUT2D eigenvalue weighted by Crippen LogP contribution is 1.54. The summed E-state index contributed by atoms with van der Waals surface area (Å²) in [5.74, 6) is -2.67. The quantitative estimate of drug-likeness (QED) is 0.429. The zero-order valence-corrected chi connectivity index (χ0v) is 5.05. The molecule has 0 heterocycles. The number of carbonyl (C=O) groups is 2. The Morgan fingerprint density at radius 3 is 1.60 bits per heavy atom.